The molecular formula is C7H5BrN3O2-. The molecule has 0 aromatic heterocycles. The summed E-state index contributed by atoms with van der Waals surface area (Å²) < 4.78 is 0.782. The van der Waals surface area contributed by atoms with Crippen molar-refractivity contribution in [3.05, 3.63) is 27.9 Å². The lowest BCUT2D eigenvalue weighted by molar-refractivity contribution is 0.251. The van der Waals surface area contributed by atoms with Crippen LogP contribution in [0.3, 0.4) is 0 Å². The van der Waals surface area contributed by atoms with Crippen LogP contribution in [-0.2, 0) is 0 Å². The summed E-state index contributed by atoms with van der Waals surface area (Å²) in [5.41, 5.74) is 2.95. The van der Waals surface area contributed by atoms with Gasteiger partial charge in [-0.05, 0) is 18.2 Å². The number of amides is 2. The van der Waals surface area contributed by atoms with Crippen molar-refractivity contribution in [1.82, 2.24) is 5.43 Å². The number of hydrogen-bond acceptors (Lipinski definition) is 3. The number of carbonyl (C=O) groups is 1. The van der Waals surface area contributed by atoms with E-state index < -0.39 is 6.03 Å². The van der Waals surface area contributed by atoms with Crippen molar-refractivity contribution >= 4 is 33.3 Å². The van der Waals surface area contributed by atoms with E-state index >= 15 is 0 Å². The van der Waals surface area contributed by atoms with Gasteiger partial charge in [0.1, 0.15) is 0 Å². The summed E-state index contributed by atoms with van der Waals surface area (Å²) in [6.45, 7) is 0. The monoisotopic (exact) mass is 242 g/mol. The van der Waals surface area contributed by atoms with E-state index in [0.717, 1.165) is 4.47 Å². The van der Waals surface area contributed by atoms with Crippen LogP contribution in [0.1, 0.15) is 0 Å². The minimum atomic E-state index is -0.523. The van der Waals surface area contributed by atoms with Crippen molar-refractivity contribution in [3.63, 3.8) is 0 Å². The average Bonchev–Trinajstić information content (AvgIpc) is 2.06. The van der Waals surface area contributed by atoms with Crippen LogP contribution in [0, 0.1) is 5.21 Å². The number of nitrogens with zero attached hydrogens (tertiary/aromatic N) is 1. The molecule has 68 valence electrons. The van der Waals surface area contributed by atoms with Crippen LogP contribution < -0.4 is 15.9 Å². The van der Waals surface area contributed by atoms with E-state index in [-0.39, 0.29) is 0 Å². The van der Waals surface area contributed by atoms with Crippen molar-refractivity contribution in [2.24, 2.45) is 0 Å². The lowest BCUT2D eigenvalue weighted by Gasteiger charge is -2.36. The fourth-order valence-electron chi connectivity index (χ4n) is 1.08. The maximum absolute atomic E-state index is 11.2. The second-order valence-electron chi connectivity index (χ2n) is 2.52. The fraction of sp³-hybridized carbons (Fsp3) is 0. The van der Waals surface area contributed by atoms with Gasteiger partial charge in [0.25, 0.3) is 0 Å². The third-order valence-electron chi connectivity index (χ3n) is 1.63. The van der Waals surface area contributed by atoms with Gasteiger partial charge < -0.3 is 15.7 Å². The van der Waals surface area contributed by atoms with Gasteiger partial charge in [0.05, 0.1) is 11.4 Å². The Morgan fingerprint density at radius 2 is 2.23 bits per heavy atom. The van der Waals surface area contributed by atoms with Crippen LogP contribution in [0.15, 0.2) is 22.7 Å². The summed E-state index contributed by atoms with van der Waals surface area (Å²) >= 11 is 3.23. The smallest absolute Gasteiger partial charge is 0.337 e. The number of hydrogen-bond donors (Lipinski definition) is 2. The molecule has 0 atom stereocenters. The zero-order valence-corrected chi connectivity index (χ0v) is 7.96. The molecule has 0 spiro atoms. The molecule has 1 aliphatic rings. The SMILES string of the molecule is O=C1Nc2ccc(Br)cc2N([O-])N1. The van der Waals surface area contributed by atoms with Crippen molar-refractivity contribution in [3.8, 4) is 0 Å². The van der Waals surface area contributed by atoms with Gasteiger partial charge in [-0.1, -0.05) is 15.9 Å². The molecule has 2 N–H and O–H groups in total. The van der Waals surface area contributed by atoms with Gasteiger partial charge >= 0.3 is 6.03 Å². The zero-order chi connectivity index (χ0) is 9.42. The molecule has 13 heavy (non-hydrogen) atoms. The Hall–Kier alpha value is -1.27. The van der Waals surface area contributed by atoms with E-state index in [1.54, 1.807) is 18.2 Å². The van der Waals surface area contributed by atoms with Gasteiger partial charge in [0, 0.05) is 4.47 Å². The first-order chi connectivity index (χ1) is 6.16. The quantitative estimate of drug-likeness (QED) is 0.730. The Labute approximate surface area is 82.4 Å². The van der Waals surface area contributed by atoms with Gasteiger partial charge in [-0.2, -0.15) is 0 Å². The lowest BCUT2D eigenvalue weighted by Crippen LogP contribution is -2.45. The number of urea groups is 1. The Kier molecular flexibility index (Phi) is 1.86. The van der Waals surface area contributed by atoms with Gasteiger partial charge in [-0.15, -0.1) is 0 Å². The number of carbonyl (C=O) groups excluding carboxylic acids is 1. The predicted molar refractivity (Wildman–Crippen MR) is 52.1 cm³/mol. The average molecular weight is 243 g/mol. The Balaban J connectivity index is 2.49. The molecule has 0 fully saturated rings. The third kappa shape index (κ3) is 1.45. The first-order valence-electron chi connectivity index (χ1n) is 3.51. The lowest BCUT2D eigenvalue weighted by atomic mass is 10.2. The van der Waals surface area contributed by atoms with Crippen molar-refractivity contribution < 1.29 is 4.79 Å². The highest BCUT2D eigenvalue weighted by Crippen LogP contribution is 2.30. The zero-order valence-electron chi connectivity index (χ0n) is 6.37. The first-order valence-corrected chi connectivity index (χ1v) is 4.30. The molecule has 1 aliphatic heterocycles. The maximum atomic E-state index is 11.2. The molecule has 0 bridgehead atoms. The standard InChI is InChI=1S/C7H5BrN3O2/c8-4-1-2-5-6(3-4)11(13)10-7(12)9-5/h1-3H,(H2,9,10,12)/q-1. The van der Waals surface area contributed by atoms with Crippen LogP contribution in [0.2, 0.25) is 0 Å². The van der Waals surface area contributed by atoms with Gasteiger partial charge in [0.2, 0.25) is 0 Å². The molecule has 2 rings (SSSR count). The Morgan fingerprint density at radius 1 is 1.46 bits per heavy atom. The van der Waals surface area contributed by atoms with E-state index in [4.69, 9.17) is 0 Å². The Bertz CT molecular complexity index is 369. The van der Waals surface area contributed by atoms with Gasteiger partial charge in [-0.25, -0.2) is 4.79 Å². The summed E-state index contributed by atoms with van der Waals surface area (Å²) in [4.78, 5) is 10.8. The number of nitrogens with one attached hydrogen (secondary N) is 2. The summed E-state index contributed by atoms with van der Waals surface area (Å²) in [6.07, 6.45) is 0. The third-order valence-corrected chi connectivity index (χ3v) is 2.12. The molecule has 0 saturated heterocycles. The highest BCUT2D eigenvalue weighted by molar-refractivity contribution is 9.10. The summed E-state index contributed by atoms with van der Waals surface area (Å²) in [5.74, 6) is 0. The highest BCUT2D eigenvalue weighted by Gasteiger charge is 2.14. The number of hydrazine groups is 1. The van der Waals surface area contributed by atoms with Crippen LogP contribution in [0.25, 0.3) is 0 Å². The van der Waals surface area contributed by atoms with E-state index in [1.165, 1.54) is 0 Å². The van der Waals surface area contributed by atoms with Crippen molar-refractivity contribution in [1.29, 1.82) is 0 Å². The molecule has 0 unspecified atom stereocenters. The Morgan fingerprint density at radius 3 is 3.00 bits per heavy atom. The number of halogens is 1. The molecule has 0 saturated carbocycles. The number of anilines is 2. The number of fused-ring (bicyclic) bond motifs is 1. The normalized spacial score (nSPS) is 14.6. The second-order valence-corrected chi connectivity index (χ2v) is 3.44. The van der Waals surface area contributed by atoms with Crippen LogP contribution in [0.5, 0.6) is 0 Å². The van der Waals surface area contributed by atoms with Crippen LogP contribution in [0.4, 0.5) is 16.2 Å². The minimum Gasteiger partial charge on any atom is -0.739 e. The summed E-state index contributed by atoms with van der Waals surface area (Å²) in [6, 6.07) is 4.50. The number of rotatable bonds is 0. The van der Waals surface area contributed by atoms with Crippen LogP contribution in [-0.4, -0.2) is 6.03 Å². The van der Waals surface area contributed by atoms with Crippen molar-refractivity contribution in [2.45, 2.75) is 0 Å². The minimum absolute atomic E-state index is 0.383. The topological polar surface area (TPSA) is 67.4 Å². The molecule has 2 amide bonds. The van der Waals surface area contributed by atoms with E-state index in [1.807, 2.05) is 0 Å². The molecule has 0 radical (unpaired) electrons. The molecular weight excluding hydrogens is 238 g/mol. The van der Waals surface area contributed by atoms with Gasteiger partial charge in [0.15, 0.2) is 0 Å². The van der Waals surface area contributed by atoms with E-state index in [0.29, 0.717) is 16.5 Å². The molecule has 5 nitrogen and oxygen atoms in total. The van der Waals surface area contributed by atoms with Crippen LogP contribution >= 0.6 is 15.9 Å². The van der Waals surface area contributed by atoms with E-state index in [9.17, 15) is 10.0 Å². The molecule has 6 heteroatoms. The van der Waals surface area contributed by atoms with Gasteiger partial charge in [-0.3, -0.25) is 5.43 Å². The summed E-state index contributed by atoms with van der Waals surface area (Å²) in [5, 5.41) is 14.1. The molecule has 1 aromatic rings. The molecule has 0 aliphatic carbocycles. The first kappa shape index (κ1) is 8.33. The largest absolute Gasteiger partial charge is 0.739 e. The second kappa shape index (κ2) is 2.90. The molecule has 1 aromatic carbocycles. The fourth-order valence-corrected chi connectivity index (χ4v) is 1.43. The maximum Gasteiger partial charge on any atom is 0.337 e. The highest BCUT2D eigenvalue weighted by atomic mass is 79.9. The van der Waals surface area contributed by atoms with Crippen molar-refractivity contribution in [2.75, 3.05) is 10.5 Å². The van der Waals surface area contributed by atoms with E-state index in [2.05, 4.69) is 26.7 Å². The number of benzene rings is 1. The predicted octanol–water partition coefficient (Wildman–Crippen LogP) is 1.80. The summed E-state index contributed by atoms with van der Waals surface area (Å²) in [7, 11) is 0. The molecule has 1 heterocycles.